The molecular weight excluding hydrogens is 233 g/mol. The van der Waals surface area contributed by atoms with Crippen LogP contribution in [-0.2, 0) is 5.60 Å². The lowest BCUT2D eigenvalue weighted by Gasteiger charge is -2.36. The van der Waals surface area contributed by atoms with Crippen LogP contribution < -0.4 is 5.73 Å². The first kappa shape index (κ1) is 13.9. The average Bonchev–Trinajstić information content (AvgIpc) is 2.26. The maximum atomic E-state index is 13.1. The largest absolute Gasteiger partial charge is 0.423 e. The number of hydrogen-bond donors (Lipinski definition) is 2. The predicted octanol–water partition coefficient (Wildman–Crippen LogP) is 1.88. The van der Waals surface area contributed by atoms with Crippen molar-refractivity contribution in [3.8, 4) is 0 Å². The van der Waals surface area contributed by atoms with Gasteiger partial charge in [0.2, 0.25) is 5.60 Å². The summed E-state index contributed by atoms with van der Waals surface area (Å²) < 4.78 is 39.2. The summed E-state index contributed by atoms with van der Waals surface area (Å²) in [4.78, 5) is 3.71. The Morgan fingerprint density at radius 3 is 2.47 bits per heavy atom. The van der Waals surface area contributed by atoms with E-state index in [-0.39, 0.29) is 17.5 Å². The number of halogens is 3. The molecule has 0 bridgehead atoms. The van der Waals surface area contributed by atoms with Gasteiger partial charge in [0.15, 0.2) is 0 Å². The van der Waals surface area contributed by atoms with Crippen LogP contribution >= 0.6 is 0 Å². The average molecular weight is 248 g/mol. The van der Waals surface area contributed by atoms with Gasteiger partial charge in [-0.25, -0.2) is 0 Å². The van der Waals surface area contributed by atoms with Gasteiger partial charge in [-0.05, 0) is 25.0 Å². The SMILES string of the molecule is CCC(N)C(O)(c1ccncc1C)C(F)(F)F. The van der Waals surface area contributed by atoms with E-state index in [2.05, 4.69) is 4.98 Å². The Balaban J connectivity index is 3.40. The number of rotatable bonds is 3. The molecule has 0 saturated heterocycles. The van der Waals surface area contributed by atoms with Crippen LogP contribution in [0.2, 0.25) is 0 Å². The highest BCUT2D eigenvalue weighted by molar-refractivity contribution is 5.31. The molecule has 0 aliphatic heterocycles. The summed E-state index contributed by atoms with van der Waals surface area (Å²) in [5, 5.41) is 9.99. The second kappa shape index (κ2) is 4.62. The van der Waals surface area contributed by atoms with Crippen LogP contribution in [0.15, 0.2) is 18.5 Å². The van der Waals surface area contributed by atoms with Gasteiger partial charge < -0.3 is 10.8 Å². The zero-order valence-corrected chi connectivity index (χ0v) is 9.62. The minimum Gasteiger partial charge on any atom is -0.375 e. The van der Waals surface area contributed by atoms with E-state index in [1.165, 1.54) is 26.2 Å². The van der Waals surface area contributed by atoms with Crippen molar-refractivity contribution < 1.29 is 18.3 Å². The third-order valence-electron chi connectivity index (χ3n) is 2.84. The van der Waals surface area contributed by atoms with Crippen LogP contribution in [0.5, 0.6) is 0 Å². The van der Waals surface area contributed by atoms with Gasteiger partial charge in [-0.15, -0.1) is 0 Å². The maximum absolute atomic E-state index is 13.1. The highest BCUT2D eigenvalue weighted by atomic mass is 19.4. The van der Waals surface area contributed by atoms with Crippen LogP contribution in [0.1, 0.15) is 24.5 Å². The van der Waals surface area contributed by atoms with Gasteiger partial charge in [0.1, 0.15) is 0 Å². The zero-order chi connectivity index (χ0) is 13.3. The molecule has 3 nitrogen and oxygen atoms in total. The fraction of sp³-hybridized carbons (Fsp3) is 0.545. The summed E-state index contributed by atoms with van der Waals surface area (Å²) >= 11 is 0. The van der Waals surface area contributed by atoms with Gasteiger partial charge in [0.25, 0.3) is 0 Å². The fourth-order valence-corrected chi connectivity index (χ4v) is 1.76. The van der Waals surface area contributed by atoms with E-state index in [0.717, 1.165) is 6.07 Å². The van der Waals surface area contributed by atoms with Crippen molar-refractivity contribution in [2.45, 2.75) is 38.1 Å². The number of hydrogen-bond acceptors (Lipinski definition) is 3. The summed E-state index contributed by atoms with van der Waals surface area (Å²) in [6.45, 7) is 2.96. The Hall–Kier alpha value is -1.14. The summed E-state index contributed by atoms with van der Waals surface area (Å²) in [5.74, 6) is 0. The molecule has 0 fully saturated rings. The number of aliphatic hydroxyl groups is 1. The predicted molar refractivity (Wildman–Crippen MR) is 57.2 cm³/mol. The molecule has 0 aliphatic carbocycles. The molecule has 2 atom stereocenters. The fourth-order valence-electron chi connectivity index (χ4n) is 1.76. The molecular formula is C11H15F3N2O. The maximum Gasteiger partial charge on any atom is 0.423 e. The molecule has 1 aromatic rings. The van der Waals surface area contributed by atoms with Crippen molar-refractivity contribution in [1.29, 1.82) is 0 Å². The van der Waals surface area contributed by atoms with Gasteiger partial charge in [-0.2, -0.15) is 13.2 Å². The van der Waals surface area contributed by atoms with Crippen LogP contribution in [0.4, 0.5) is 13.2 Å². The lowest BCUT2D eigenvalue weighted by molar-refractivity contribution is -0.275. The van der Waals surface area contributed by atoms with Crippen molar-refractivity contribution in [2.24, 2.45) is 5.73 Å². The quantitative estimate of drug-likeness (QED) is 0.858. The van der Waals surface area contributed by atoms with Gasteiger partial charge in [0.05, 0.1) is 0 Å². The van der Waals surface area contributed by atoms with Crippen LogP contribution in [-0.4, -0.2) is 22.3 Å². The molecule has 1 aromatic heterocycles. The Morgan fingerprint density at radius 1 is 1.47 bits per heavy atom. The molecule has 2 unspecified atom stereocenters. The number of aryl methyl sites for hydroxylation is 1. The van der Waals surface area contributed by atoms with Gasteiger partial charge in [0, 0.05) is 24.0 Å². The lowest BCUT2D eigenvalue weighted by atomic mass is 9.83. The summed E-state index contributed by atoms with van der Waals surface area (Å²) in [7, 11) is 0. The summed E-state index contributed by atoms with van der Waals surface area (Å²) in [6, 6.07) is -0.262. The normalized spacial score (nSPS) is 17.6. The Morgan fingerprint density at radius 2 is 2.06 bits per heavy atom. The number of alkyl halides is 3. The molecule has 1 rings (SSSR count). The van der Waals surface area contributed by atoms with E-state index >= 15 is 0 Å². The summed E-state index contributed by atoms with van der Waals surface area (Å²) in [5.41, 5.74) is 2.43. The van der Waals surface area contributed by atoms with Crippen LogP contribution in [0.25, 0.3) is 0 Å². The molecule has 0 amide bonds. The van der Waals surface area contributed by atoms with E-state index in [9.17, 15) is 18.3 Å². The second-order valence-corrected chi connectivity index (χ2v) is 3.97. The first-order valence-corrected chi connectivity index (χ1v) is 5.20. The molecule has 1 heterocycles. The van der Waals surface area contributed by atoms with E-state index in [1.807, 2.05) is 0 Å². The van der Waals surface area contributed by atoms with E-state index in [0.29, 0.717) is 0 Å². The van der Waals surface area contributed by atoms with E-state index in [1.54, 1.807) is 0 Å². The van der Waals surface area contributed by atoms with E-state index < -0.39 is 17.8 Å². The first-order chi connectivity index (χ1) is 7.75. The third kappa shape index (κ3) is 2.28. The minimum absolute atomic E-state index is 0.0117. The highest BCUT2D eigenvalue weighted by Gasteiger charge is 2.58. The van der Waals surface area contributed by atoms with Gasteiger partial charge in [-0.3, -0.25) is 4.98 Å². The molecule has 6 heteroatoms. The molecule has 3 N–H and O–H groups in total. The Labute approximate surface area is 97.5 Å². The minimum atomic E-state index is -4.82. The second-order valence-electron chi connectivity index (χ2n) is 3.97. The smallest absolute Gasteiger partial charge is 0.375 e. The van der Waals surface area contributed by atoms with Crippen molar-refractivity contribution in [3.63, 3.8) is 0 Å². The molecule has 0 spiro atoms. The number of pyridine rings is 1. The molecule has 0 saturated carbocycles. The number of nitrogens with zero attached hydrogens (tertiary/aromatic N) is 1. The first-order valence-electron chi connectivity index (χ1n) is 5.20. The molecule has 0 radical (unpaired) electrons. The third-order valence-corrected chi connectivity index (χ3v) is 2.84. The molecule has 17 heavy (non-hydrogen) atoms. The molecule has 0 aliphatic rings. The zero-order valence-electron chi connectivity index (χ0n) is 9.62. The molecule has 96 valence electrons. The van der Waals surface area contributed by atoms with Crippen molar-refractivity contribution in [3.05, 3.63) is 29.6 Å². The summed E-state index contributed by atoms with van der Waals surface area (Å²) in [6.07, 6.45) is -2.33. The standard InChI is InChI=1S/C11H15F3N2O/c1-3-9(15)10(17,11(12,13)14)8-4-5-16-6-7(8)2/h4-6,9,17H,3,15H2,1-2H3. The monoisotopic (exact) mass is 248 g/mol. The molecule has 0 aromatic carbocycles. The topological polar surface area (TPSA) is 59.1 Å². The number of nitrogens with two attached hydrogens (primary N) is 1. The van der Waals surface area contributed by atoms with Crippen molar-refractivity contribution in [2.75, 3.05) is 0 Å². The van der Waals surface area contributed by atoms with Crippen LogP contribution in [0, 0.1) is 6.92 Å². The number of aromatic nitrogens is 1. The van der Waals surface area contributed by atoms with Gasteiger partial charge >= 0.3 is 6.18 Å². The van der Waals surface area contributed by atoms with Gasteiger partial charge in [-0.1, -0.05) is 6.92 Å². The van der Waals surface area contributed by atoms with E-state index in [4.69, 9.17) is 5.73 Å². The Bertz CT molecular complexity index is 395. The lowest BCUT2D eigenvalue weighted by Crippen LogP contribution is -2.55. The van der Waals surface area contributed by atoms with Crippen molar-refractivity contribution >= 4 is 0 Å². The highest BCUT2D eigenvalue weighted by Crippen LogP contribution is 2.42. The van der Waals surface area contributed by atoms with Crippen molar-refractivity contribution in [1.82, 2.24) is 4.98 Å². The van der Waals surface area contributed by atoms with Crippen LogP contribution in [0.3, 0.4) is 0 Å². The Kier molecular flexibility index (Phi) is 3.78.